The van der Waals surface area contributed by atoms with Crippen molar-refractivity contribution in [2.24, 2.45) is 10.9 Å². The maximum atomic E-state index is 11.7. The number of guanidine groups is 1. The average molecular weight is 522 g/mol. The summed E-state index contributed by atoms with van der Waals surface area (Å²) in [4.78, 5) is 20.1. The van der Waals surface area contributed by atoms with E-state index < -0.39 is 0 Å². The number of hydrogen-bond donors (Lipinski definition) is 2. The van der Waals surface area contributed by atoms with Crippen molar-refractivity contribution in [2.45, 2.75) is 26.3 Å². The lowest BCUT2D eigenvalue weighted by Gasteiger charge is -2.32. The molecule has 0 aliphatic carbocycles. The summed E-state index contributed by atoms with van der Waals surface area (Å²) in [5, 5.41) is 7.44. The van der Waals surface area contributed by atoms with Crippen LogP contribution in [0, 0.1) is 5.92 Å². The largest absolute Gasteiger partial charge is 0.357 e. The lowest BCUT2D eigenvalue weighted by molar-refractivity contribution is -0.127. The Morgan fingerprint density at radius 1 is 1.25 bits per heavy atom. The summed E-state index contributed by atoms with van der Waals surface area (Å²) in [6, 6.07) is 8.07. The molecule has 2 rings (SSSR count). The van der Waals surface area contributed by atoms with Crippen LogP contribution in [0.3, 0.4) is 0 Å². The number of carbonyl (C=O) groups is 1. The number of aliphatic imine (C=N–C) groups is 1. The first kappa shape index (κ1) is 25.0. The molecule has 0 spiro atoms. The van der Waals surface area contributed by atoms with Gasteiger partial charge in [-0.2, -0.15) is 0 Å². The third-order valence-corrected chi connectivity index (χ3v) is 5.20. The summed E-state index contributed by atoms with van der Waals surface area (Å²) in [5.41, 5.74) is 1.20. The Balaban J connectivity index is 0.00000392. The van der Waals surface area contributed by atoms with Crippen LogP contribution in [0.15, 0.2) is 29.3 Å². The molecule has 28 heavy (non-hydrogen) atoms. The molecule has 158 valence electrons. The molecule has 0 saturated carbocycles. The fourth-order valence-electron chi connectivity index (χ4n) is 3.09. The summed E-state index contributed by atoms with van der Waals surface area (Å²) >= 11 is 6.27. The van der Waals surface area contributed by atoms with Crippen molar-refractivity contribution in [1.82, 2.24) is 20.4 Å². The van der Waals surface area contributed by atoms with Crippen LogP contribution >= 0.6 is 35.6 Å². The molecule has 0 unspecified atom stereocenters. The Kier molecular flexibility index (Phi) is 11.8. The Labute approximate surface area is 191 Å². The number of piperidine rings is 1. The fourth-order valence-corrected chi connectivity index (χ4v) is 3.28. The predicted molar refractivity (Wildman–Crippen MR) is 128 cm³/mol. The van der Waals surface area contributed by atoms with Crippen LogP contribution in [0.2, 0.25) is 5.02 Å². The van der Waals surface area contributed by atoms with Gasteiger partial charge < -0.3 is 15.5 Å². The van der Waals surface area contributed by atoms with E-state index in [9.17, 15) is 4.79 Å². The number of carbonyl (C=O) groups excluding carboxylic acids is 1. The van der Waals surface area contributed by atoms with Gasteiger partial charge in [-0.1, -0.05) is 29.8 Å². The van der Waals surface area contributed by atoms with Crippen molar-refractivity contribution in [3.8, 4) is 0 Å². The summed E-state index contributed by atoms with van der Waals surface area (Å²) in [6.45, 7) is 6.91. The van der Waals surface area contributed by atoms with E-state index in [2.05, 4.69) is 26.6 Å². The molecule has 0 radical (unpaired) electrons. The molecule has 1 aromatic carbocycles. The normalized spacial score (nSPS) is 15.6. The molecule has 1 aliphatic rings. The number of amides is 1. The van der Waals surface area contributed by atoms with Crippen LogP contribution < -0.4 is 10.6 Å². The van der Waals surface area contributed by atoms with Crippen LogP contribution in [0.5, 0.6) is 0 Å². The molecule has 6 nitrogen and oxygen atoms in total. The average Bonchev–Trinajstić information content (AvgIpc) is 2.66. The lowest BCUT2D eigenvalue weighted by atomic mass is 9.96. The number of nitrogens with zero attached hydrogens (tertiary/aromatic N) is 3. The van der Waals surface area contributed by atoms with E-state index in [4.69, 9.17) is 11.6 Å². The van der Waals surface area contributed by atoms with Crippen molar-refractivity contribution >= 4 is 47.4 Å². The van der Waals surface area contributed by atoms with E-state index >= 15 is 0 Å². The lowest BCUT2D eigenvalue weighted by Crippen LogP contribution is -2.43. The van der Waals surface area contributed by atoms with Gasteiger partial charge in [0.1, 0.15) is 6.54 Å². The minimum absolute atomic E-state index is 0. The van der Waals surface area contributed by atoms with Crippen molar-refractivity contribution in [3.05, 3.63) is 34.9 Å². The minimum atomic E-state index is 0. The summed E-state index contributed by atoms with van der Waals surface area (Å²) in [6.07, 6.45) is 2.29. The van der Waals surface area contributed by atoms with Gasteiger partial charge in [-0.25, -0.2) is 4.99 Å². The van der Waals surface area contributed by atoms with Crippen LogP contribution in [0.4, 0.5) is 0 Å². The second-order valence-corrected chi connectivity index (χ2v) is 7.58. The van der Waals surface area contributed by atoms with Gasteiger partial charge in [-0.05, 0) is 50.4 Å². The van der Waals surface area contributed by atoms with Gasteiger partial charge in [0.2, 0.25) is 5.91 Å². The van der Waals surface area contributed by atoms with Crippen molar-refractivity contribution < 1.29 is 4.79 Å². The van der Waals surface area contributed by atoms with Crippen molar-refractivity contribution in [2.75, 3.05) is 46.8 Å². The van der Waals surface area contributed by atoms with Crippen molar-refractivity contribution in [1.29, 1.82) is 0 Å². The molecule has 8 heteroatoms. The molecular weight excluding hydrogens is 489 g/mol. The van der Waals surface area contributed by atoms with Crippen LogP contribution in [-0.4, -0.2) is 68.5 Å². The highest BCUT2D eigenvalue weighted by atomic mass is 127. The molecule has 0 aromatic heterocycles. The molecule has 1 amide bonds. The molecule has 1 aromatic rings. The number of benzene rings is 1. The van der Waals surface area contributed by atoms with Gasteiger partial charge in [0.25, 0.3) is 0 Å². The Morgan fingerprint density at radius 2 is 1.93 bits per heavy atom. The highest BCUT2D eigenvalue weighted by Gasteiger charge is 2.20. The van der Waals surface area contributed by atoms with Crippen molar-refractivity contribution in [3.63, 3.8) is 0 Å². The minimum Gasteiger partial charge on any atom is -0.357 e. The topological polar surface area (TPSA) is 60.0 Å². The zero-order valence-corrected chi connectivity index (χ0v) is 20.2. The molecule has 1 fully saturated rings. The van der Waals surface area contributed by atoms with Crippen LogP contribution in [0.1, 0.15) is 25.3 Å². The zero-order valence-electron chi connectivity index (χ0n) is 17.1. The van der Waals surface area contributed by atoms with Gasteiger partial charge in [0.05, 0.1) is 0 Å². The molecule has 0 atom stereocenters. The molecule has 1 aliphatic heterocycles. The molecule has 1 saturated heterocycles. The second-order valence-electron chi connectivity index (χ2n) is 7.18. The molecule has 0 bridgehead atoms. The Bertz CT molecular complexity index is 633. The monoisotopic (exact) mass is 521 g/mol. The van der Waals surface area contributed by atoms with E-state index in [1.54, 1.807) is 19.0 Å². The van der Waals surface area contributed by atoms with Crippen LogP contribution in [-0.2, 0) is 11.3 Å². The van der Waals surface area contributed by atoms with E-state index in [1.807, 2.05) is 25.1 Å². The standard InChI is InChI=1S/C20H32ClN5O.HI/c1-4-22-20(24-14-19(27)25(2)3)23-13-16-9-11-26(12-10-16)15-17-7-5-6-8-18(17)21;/h5-8,16H,4,9-15H2,1-3H3,(H2,22,23,24);1H. The third-order valence-electron chi connectivity index (χ3n) is 4.83. The highest BCUT2D eigenvalue weighted by molar-refractivity contribution is 14.0. The molecule has 1 heterocycles. The van der Waals surface area contributed by atoms with Gasteiger partial charge in [0.15, 0.2) is 5.96 Å². The number of hydrogen-bond acceptors (Lipinski definition) is 3. The predicted octanol–water partition coefficient (Wildman–Crippen LogP) is 2.81. The Hall–Kier alpha value is -1.06. The van der Waals surface area contributed by atoms with E-state index in [0.29, 0.717) is 11.9 Å². The number of rotatable bonds is 7. The number of halogens is 2. The number of likely N-dealkylation sites (N-methyl/N-ethyl adjacent to an activating group) is 1. The zero-order chi connectivity index (χ0) is 19.6. The maximum Gasteiger partial charge on any atom is 0.243 e. The van der Waals surface area contributed by atoms with Gasteiger partial charge in [-0.3, -0.25) is 9.69 Å². The fraction of sp³-hybridized carbons (Fsp3) is 0.600. The quantitative estimate of drug-likeness (QED) is 0.329. The van der Waals surface area contributed by atoms with E-state index in [0.717, 1.165) is 50.6 Å². The first-order chi connectivity index (χ1) is 13.0. The maximum absolute atomic E-state index is 11.7. The SMILES string of the molecule is CCNC(=NCC(=O)N(C)C)NCC1CCN(Cc2ccccc2Cl)CC1.I. The molecule has 2 N–H and O–H groups in total. The first-order valence-electron chi connectivity index (χ1n) is 9.67. The van der Waals surface area contributed by atoms with Gasteiger partial charge in [-0.15, -0.1) is 24.0 Å². The van der Waals surface area contributed by atoms with E-state index in [1.165, 1.54) is 5.56 Å². The smallest absolute Gasteiger partial charge is 0.243 e. The summed E-state index contributed by atoms with van der Waals surface area (Å²) in [5.74, 6) is 1.33. The summed E-state index contributed by atoms with van der Waals surface area (Å²) < 4.78 is 0. The summed E-state index contributed by atoms with van der Waals surface area (Å²) in [7, 11) is 3.49. The van der Waals surface area contributed by atoms with Gasteiger partial charge in [0, 0.05) is 38.8 Å². The molecular formula is C20H33ClIN5O. The Morgan fingerprint density at radius 3 is 2.54 bits per heavy atom. The second kappa shape index (κ2) is 13.2. The number of likely N-dealkylation sites (tertiary alicyclic amines) is 1. The highest BCUT2D eigenvalue weighted by Crippen LogP contribution is 2.21. The number of nitrogens with one attached hydrogen (secondary N) is 2. The van der Waals surface area contributed by atoms with E-state index in [-0.39, 0.29) is 36.4 Å². The van der Waals surface area contributed by atoms with Crippen LogP contribution in [0.25, 0.3) is 0 Å². The van der Waals surface area contributed by atoms with Gasteiger partial charge >= 0.3 is 0 Å². The third kappa shape index (κ3) is 8.53. The first-order valence-corrected chi connectivity index (χ1v) is 10.1.